The van der Waals surface area contributed by atoms with Gasteiger partial charge in [-0.05, 0) is 12.8 Å². The van der Waals surface area contributed by atoms with Crippen molar-refractivity contribution >= 4 is 0 Å². The van der Waals surface area contributed by atoms with Crippen molar-refractivity contribution in [2.45, 2.75) is 12.8 Å². The highest BCUT2D eigenvalue weighted by Gasteiger charge is 2.23. The number of rotatable bonds is 0. The van der Waals surface area contributed by atoms with Crippen molar-refractivity contribution in [2.75, 3.05) is 65.7 Å². The van der Waals surface area contributed by atoms with Crippen molar-refractivity contribution in [1.82, 2.24) is 19.6 Å². The minimum atomic E-state index is 1.21. The summed E-state index contributed by atoms with van der Waals surface area (Å²) in [4.78, 5) is 10.5. The average Bonchev–Trinajstić information content (AvgIpc) is 2.34. The molecular weight excluding hydrogens is 200 g/mol. The Kier molecular flexibility index (Phi) is 3.43. The summed E-state index contributed by atoms with van der Waals surface area (Å²) in [6, 6.07) is 0. The van der Waals surface area contributed by atoms with Crippen molar-refractivity contribution in [3.05, 3.63) is 0 Å². The molecule has 3 aliphatic rings. The van der Waals surface area contributed by atoms with Crippen molar-refractivity contribution in [2.24, 2.45) is 0 Å². The predicted octanol–water partition coefficient (Wildman–Crippen LogP) is -0.0696. The third-order valence-corrected chi connectivity index (χ3v) is 4.16. The van der Waals surface area contributed by atoms with E-state index in [9.17, 15) is 0 Å². The van der Waals surface area contributed by atoms with E-state index in [4.69, 9.17) is 0 Å². The number of hydrogen-bond acceptors (Lipinski definition) is 4. The molecule has 0 aromatic carbocycles. The lowest BCUT2D eigenvalue weighted by Crippen LogP contribution is -2.54. The first-order valence-corrected chi connectivity index (χ1v) is 6.79. The summed E-state index contributed by atoms with van der Waals surface area (Å²) < 4.78 is 0. The molecule has 0 N–H and O–H groups in total. The van der Waals surface area contributed by atoms with Gasteiger partial charge in [0.05, 0.1) is 13.3 Å². The normalized spacial score (nSPS) is 45.0. The van der Waals surface area contributed by atoms with Crippen molar-refractivity contribution in [1.29, 1.82) is 0 Å². The summed E-state index contributed by atoms with van der Waals surface area (Å²) in [7, 11) is 0. The van der Waals surface area contributed by atoms with Crippen LogP contribution in [0.4, 0.5) is 0 Å². The van der Waals surface area contributed by atoms with E-state index in [0.29, 0.717) is 0 Å². The molecule has 0 aromatic rings. The highest BCUT2D eigenvalue weighted by atomic mass is 15.4. The van der Waals surface area contributed by atoms with E-state index in [0.717, 1.165) is 0 Å². The zero-order chi connectivity index (χ0) is 10.8. The van der Waals surface area contributed by atoms with Gasteiger partial charge in [-0.15, -0.1) is 0 Å². The number of nitrogens with zero attached hydrogens (tertiary/aromatic N) is 4. The minimum absolute atomic E-state index is 1.21. The quantitative estimate of drug-likeness (QED) is 0.571. The first kappa shape index (κ1) is 11.0. The maximum absolute atomic E-state index is 2.63. The average molecular weight is 224 g/mol. The van der Waals surface area contributed by atoms with Gasteiger partial charge in [0, 0.05) is 52.4 Å². The Morgan fingerprint density at radius 2 is 0.688 bits per heavy atom. The second kappa shape index (κ2) is 5.00. The molecule has 0 spiro atoms. The smallest absolute Gasteiger partial charge is 0.0507 e. The van der Waals surface area contributed by atoms with Crippen LogP contribution in [0.1, 0.15) is 12.8 Å². The van der Waals surface area contributed by atoms with Crippen LogP contribution in [-0.2, 0) is 0 Å². The Morgan fingerprint density at radius 3 is 1.00 bits per heavy atom. The van der Waals surface area contributed by atoms with Crippen molar-refractivity contribution in [3.8, 4) is 0 Å². The van der Waals surface area contributed by atoms with Crippen molar-refractivity contribution < 1.29 is 0 Å². The van der Waals surface area contributed by atoms with Crippen LogP contribution in [0.3, 0.4) is 0 Å². The summed E-state index contributed by atoms with van der Waals surface area (Å²) in [6.07, 6.45) is 2.72. The molecule has 92 valence electrons. The van der Waals surface area contributed by atoms with Gasteiger partial charge in [-0.25, -0.2) is 0 Å². The van der Waals surface area contributed by atoms with Gasteiger partial charge < -0.3 is 0 Å². The minimum Gasteiger partial charge on any atom is -0.289 e. The Hall–Kier alpha value is -0.160. The van der Waals surface area contributed by atoms with Crippen LogP contribution in [0.15, 0.2) is 0 Å². The SMILES string of the molecule is C1CN2CCN3CCCN(CCN(C1)C2)C3. The van der Waals surface area contributed by atoms with Crippen LogP contribution in [0.2, 0.25) is 0 Å². The van der Waals surface area contributed by atoms with Crippen LogP contribution < -0.4 is 0 Å². The zero-order valence-corrected chi connectivity index (χ0v) is 10.3. The molecule has 0 amide bonds. The molecule has 3 aliphatic heterocycles. The maximum Gasteiger partial charge on any atom is 0.0507 e. The molecule has 3 fully saturated rings. The zero-order valence-electron chi connectivity index (χ0n) is 10.3. The highest BCUT2D eigenvalue weighted by molar-refractivity contribution is 4.76. The largest absolute Gasteiger partial charge is 0.289 e. The molecule has 3 rings (SSSR count). The Balaban J connectivity index is 1.64. The summed E-state index contributed by atoms with van der Waals surface area (Å²) in [5.74, 6) is 0. The van der Waals surface area contributed by atoms with Gasteiger partial charge in [0.2, 0.25) is 0 Å². The van der Waals surface area contributed by atoms with Crippen LogP contribution in [0.5, 0.6) is 0 Å². The van der Waals surface area contributed by atoms with Gasteiger partial charge in [-0.1, -0.05) is 0 Å². The first-order valence-electron chi connectivity index (χ1n) is 6.79. The Labute approximate surface area is 98.8 Å². The molecule has 0 aromatic heterocycles. The third kappa shape index (κ3) is 2.56. The first-order chi connectivity index (χ1) is 7.90. The molecular formula is C12H24N4. The highest BCUT2D eigenvalue weighted by Crippen LogP contribution is 2.11. The fourth-order valence-corrected chi connectivity index (χ4v) is 3.18. The van der Waals surface area contributed by atoms with Crippen molar-refractivity contribution in [3.63, 3.8) is 0 Å². The lowest BCUT2D eigenvalue weighted by molar-refractivity contribution is 0.0168. The lowest BCUT2D eigenvalue weighted by atomic mass is 10.2. The Morgan fingerprint density at radius 1 is 0.375 bits per heavy atom. The molecule has 3 saturated heterocycles. The van der Waals surface area contributed by atoms with Gasteiger partial charge in [0.1, 0.15) is 0 Å². The van der Waals surface area contributed by atoms with E-state index in [1.54, 1.807) is 0 Å². The molecule has 4 bridgehead atoms. The molecule has 0 aliphatic carbocycles. The van der Waals surface area contributed by atoms with E-state index in [2.05, 4.69) is 19.6 Å². The van der Waals surface area contributed by atoms with Crippen LogP contribution in [0.25, 0.3) is 0 Å². The maximum atomic E-state index is 2.63. The topological polar surface area (TPSA) is 13.0 Å². The van der Waals surface area contributed by atoms with Crippen LogP contribution >= 0.6 is 0 Å². The number of fused-ring (bicyclic) bond motifs is 4. The van der Waals surface area contributed by atoms with E-state index >= 15 is 0 Å². The van der Waals surface area contributed by atoms with E-state index in [-0.39, 0.29) is 0 Å². The van der Waals surface area contributed by atoms with Crippen LogP contribution in [-0.4, -0.2) is 85.3 Å². The molecule has 4 heteroatoms. The Bertz CT molecular complexity index is 189. The third-order valence-electron chi connectivity index (χ3n) is 4.16. The predicted molar refractivity (Wildman–Crippen MR) is 65.3 cm³/mol. The summed E-state index contributed by atoms with van der Waals surface area (Å²) >= 11 is 0. The van der Waals surface area contributed by atoms with Gasteiger partial charge in [-0.3, -0.25) is 19.6 Å². The van der Waals surface area contributed by atoms with Gasteiger partial charge in [-0.2, -0.15) is 0 Å². The summed E-state index contributed by atoms with van der Waals surface area (Å²) in [5, 5.41) is 0. The molecule has 3 heterocycles. The monoisotopic (exact) mass is 224 g/mol. The molecule has 0 radical (unpaired) electrons. The summed E-state index contributed by atoms with van der Waals surface area (Å²) in [5.41, 5.74) is 0. The fraction of sp³-hybridized carbons (Fsp3) is 1.00. The van der Waals surface area contributed by atoms with Gasteiger partial charge in [0.15, 0.2) is 0 Å². The van der Waals surface area contributed by atoms with E-state index in [1.807, 2.05) is 0 Å². The van der Waals surface area contributed by atoms with Gasteiger partial charge in [0.25, 0.3) is 0 Å². The number of hydrogen-bond donors (Lipinski definition) is 0. The van der Waals surface area contributed by atoms with E-state index < -0.39 is 0 Å². The lowest BCUT2D eigenvalue weighted by Gasteiger charge is -2.42. The molecule has 4 unspecified atom stereocenters. The van der Waals surface area contributed by atoms with Crippen LogP contribution in [0, 0.1) is 0 Å². The standard InChI is InChI=1S/C12H24N4/c1-3-13-7-9-15-5-2-6-16(12-15)10-8-14(4-1)11-13/h1-12H2. The second-order valence-electron chi connectivity index (χ2n) is 5.46. The van der Waals surface area contributed by atoms with E-state index in [1.165, 1.54) is 78.5 Å². The van der Waals surface area contributed by atoms with Gasteiger partial charge >= 0.3 is 0 Å². The molecule has 4 atom stereocenters. The molecule has 16 heavy (non-hydrogen) atoms. The second-order valence-corrected chi connectivity index (χ2v) is 5.46. The fourth-order valence-electron chi connectivity index (χ4n) is 3.18. The summed E-state index contributed by atoms with van der Waals surface area (Å²) in [6.45, 7) is 12.7. The molecule has 0 saturated carbocycles. The molecule has 4 nitrogen and oxygen atoms in total.